The molecule has 1 aliphatic heterocycles. The van der Waals surface area contributed by atoms with Gasteiger partial charge >= 0.3 is 0 Å². The molecule has 0 aromatic heterocycles. The maximum absolute atomic E-state index is 4.45. The normalized spacial score (nSPS) is 15.0. The molecular formula is C10H13N3. The largest absolute Gasteiger partial charge is 0.354 e. The Labute approximate surface area is 77.9 Å². The molecule has 1 fully saturated rings. The summed E-state index contributed by atoms with van der Waals surface area (Å²) in [6.07, 6.45) is 0. The second-order valence-corrected chi connectivity index (χ2v) is 3.10. The van der Waals surface area contributed by atoms with E-state index in [9.17, 15) is 0 Å². The molecule has 3 heteroatoms. The van der Waals surface area contributed by atoms with E-state index in [1.165, 1.54) is 5.56 Å². The average molecular weight is 175 g/mol. The number of aryl methyl sites for hydroxylation is 1. The molecule has 1 aliphatic rings. The molecule has 1 aromatic rings. The maximum Gasteiger partial charge on any atom is 0.196 e. The van der Waals surface area contributed by atoms with Crippen LogP contribution in [0.2, 0.25) is 0 Å². The Morgan fingerprint density at radius 2 is 1.85 bits per heavy atom. The molecule has 0 radical (unpaired) electrons. The van der Waals surface area contributed by atoms with Crippen molar-refractivity contribution in [3.63, 3.8) is 0 Å². The van der Waals surface area contributed by atoms with Gasteiger partial charge in [-0.25, -0.2) is 4.99 Å². The van der Waals surface area contributed by atoms with Crippen LogP contribution in [0.3, 0.4) is 0 Å². The van der Waals surface area contributed by atoms with E-state index in [1.54, 1.807) is 0 Å². The zero-order chi connectivity index (χ0) is 9.10. The van der Waals surface area contributed by atoms with E-state index in [1.807, 2.05) is 18.2 Å². The predicted octanol–water partition coefficient (Wildman–Crippen LogP) is 1.18. The van der Waals surface area contributed by atoms with E-state index < -0.39 is 0 Å². The van der Waals surface area contributed by atoms with Gasteiger partial charge in [0.1, 0.15) is 0 Å². The summed E-state index contributed by atoms with van der Waals surface area (Å²) in [5.74, 6) is 0.884. The van der Waals surface area contributed by atoms with Crippen LogP contribution in [0, 0.1) is 6.92 Å². The number of hydrogen-bond donors (Lipinski definition) is 2. The molecule has 0 unspecified atom stereocenters. The zero-order valence-electron chi connectivity index (χ0n) is 7.67. The third-order valence-electron chi connectivity index (χ3n) is 2.06. The molecule has 0 saturated carbocycles. The van der Waals surface area contributed by atoms with E-state index in [0.717, 1.165) is 24.7 Å². The summed E-state index contributed by atoms with van der Waals surface area (Å²) < 4.78 is 0. The SMILES string of the molecule is Cc1ccccc1N=C1NCCN1. The lowest BCUT2D eigenvalue weighted by Crippen LogP contribution is -2.23. The van der Waals surface area contributed by atoms with Gasteiger partial charge in [-0.05, 0) is 18.6 Å². The summed E-state index contributed by atoms with van der Waals surface area (Å²) in [6, 6.07) is 8.11. The highest BCUT2D eigenvalue weighted by molar-refractivity contribution is 5.84. The topological polar surface area (TPSA) is 36.4 Å². The van der Waals surface area contributed by atoms with Gasteiger partial charge in [-0.3, -0.25) is 0 Å². The van der Waals surface area contributed by atoms with E-state index in [4.69, 9.17) is 0 Å². The lowest BCUT2D eigenvalue weighted by atomic mass is 10.2. The molecule has 68 valence electrons. The first kappa shape index (κ1) is 8.10. The molecule has 13 heavy (non-hydrogen) atoms. The number of hydrogen-bond acceptors (Lipinski definition) is 1. The number of rotatable bonds is 1. The van der Waals surface area contributed by atoms with Gasteiger partial charge in [0, 0.05) is 13.1 Å². The Hall–Kier alpha value is -1.51. The van der Waals surface area contributed by atoms with Crippen LogP contribution in [0.5, 0.6) is 0 Å². The second-order valence-electron chi connectivity index (χ2n) is 3.10. The lowest BCUT2D eigenvalue weighted by Gasteiger charge is -2.01. The first-order chi connectivity index (χ1) is 6.36. The fourth-order valence-electron chi connectivity index (χ4n) is 1.31. The summed E-state index contributed by atoms with van der Waals surface area (Å²) in [5.41, 5.74) is 2.23. The van der Waals surface area contributed by atoms with Crippen LogP contribution in [0.15, 0.2) is 29.3 Å². The minimum Gasteiger partial charge on any atom is -0.354 e. The highest BCUT2D eigenvalue weighted by atomic mass is 15.2. The maximum atomic E-state index is 4.45. The first-order valence-corrected chi connectivity index (χ1v) is 4.48. The van der Waals surface area contributed by atoms with Crippen LogP contribution in [-0.2, 0) is 0 Å². The molecular weight excluding hydrogens is 162 g/mol. The fourth-order valence-corrected chi connectivity index (χ4v) is 1.31. The minimum absolute atomic E-state index is 0.884. The lowest BCUT2D eigenvalue weighted by molar-refractivity contribution is 0.942. The van der Waals surface area contributed by atoms with Crippen molar-refractivity contribution in [2.75, 3.05) is 13.1 Å². The summed E-state index contributed by atoms with van der Waals surface area (Å²) in [7, 11) is 0. The quantitative estimate of drug-likeness (QED) is 0.672. The van der Waals surface area contributed by atoms with Gasteiger partial charge in [-0.15, -0.1) is 0 Å². The number of nitrogens with one attached hydrogen (secondary N) is 2. The molecule has 1 saturated heterocycles. The average Bonchev–Trinajstić information content (AvgIpc) is 2.61. The van der Waals surface area contributed by atoms with Crippen molar-refractivity contribution in [2.45, 2.75) is 6.92 Å². The Morgan fingerprint density at radius 1 is 1.15 bits per heavy atom. The fraction of sp³-hybridized carbons (Fsp3) is 0.300. The minimum atomic E-state index is 0.884. The van der Waals surface area contributed by atoms with Crippen LogP contribution in [-0.4, -0.2) is 19.0 Å². The number of para-hydroxylation sites is 1. The highest BCUT2D eigenvalue weighted by Crippen LogP contribution is 2.16. The number of aliphatic imine (C=N–C) groups is 1. The molecule has 3 nitrogen and oxygen atoms in total. The molecule has 1 aromatic carbocycles. The third-order valence-corrected chi connectivity index (χ3v) is 2.06. The van der Waals surface area contributed by atoms with Crippen molar-refractivity contribution in [1.29, 1.82) is 0 Å². The number of guanidine groups is 1. The van der Waals surface area contributed by atoms with E-state index in [-0.39, 0.29) is 0 Å². The zero-order valence-corrected chi connectivity index (χ0v) is 7.67. The van der Waals surface area contributed by atoms with Crippen LogP contribution in [0.4, 0.5) is 5.69 Å². The van der Waals surface area contributed by atoms with Crippen LogP contribution < -0.4 is 10.6 Å². The van der Waals surface area contributed by atoms with Gasteiger partial charge in [0.05, 0.1) is 5.69 Å². The van der Waals surface area contributed by atoms with Gasteiger partial charge in [0.2, 0.25) is 0 Å². The summed E-state index contributed by atoms with van der Waals surface area (Å²) in [6.45, 7) is 3.99. The predicted molar refractivity (Wildman–Crippen MR) is 54.3 cm³/mol. The van der Waals surface area contributed by atoms with E-state index in [0.29, 0.717) is 0 Å². The van der Waals surface area contributed by atoms with Crippen molar-refractivity contribution in [2.24, 2.45) is 4.99 Å². The van der Waals surface area contributed by atoms with E-state index >= 15 is 0 Å². The van der Waals surface area contributed by atoms with Crippen molar-refractivity contribution in [1.82, 2.24) is 10.6 Å². The molecule has 0 atom stereocenters. The Balaban J connectivity index is 2.25. The summed E-state index contributed by atoms with van der Waals surface area (Å²) in [5, 5.41) is 6.34. The summed E-state index contributed by atoms with van der Waals surface area (Å²) >= 11 is 0. The molecule has 1 heterocycles. The van der Waals surface area contributed by atoms with Gasteiger partial charge in [0.15, 0.2) is 5.96 Å². The highest BCUT2D eigenvalue weighted by Gasteiger charge is 2.05. The summed E-state index contributed by atoms with van der Waals surface area (Å²) in [4.78, 5) is 4.45. The molecule has 2 N–H and O–H groups in total. The van der Waals surface area contributed by atoms with Crippen molar-refractivity contribution < 1.29 is 0 Å². The van der Waals surface area contributed by atoms with Crippen molar-refractivity contribution in [3.05, 3.63) is 29.8 Å². The van der Waals surface area contributed by atoms with Gasteiger partial charge in [0.25, 0.3) is 0 Å². The van der Waals surface area contributed by atoms with Gasteiger partial charge in [-0.2, -0.15) is 0 Å². The third kappa shape index (κ3) is 1.80. The van der Waals surface area contributed by atoms with Crippen LogP contribution in [0.25, 0.3) is 0 Å². The van der Waals surface area contributed by atoms with Crippen LogP contribution >= 0.6 is 0 Å². The molecule has 2 rings (SSSR count). The molecule has 0 amide bonds. The monoisotopic (exact) mass is 175 g/mol. The Bertz CT molecular complexity index is 323. The number of nitrogens with zero attached hydrogens (tertiary/aromatic N) is 1. The standard InChI is InChI=1S/C10H13N3/c1-8-4-2-3-5-9(8)13-10-11-6-7-12-10/h2-5H,6-7H2,1H3,(H2,11,12,13). The second kappa shape index (κ2) is 3.47. The van der Waals surface area contributed by atoms with Crippen molar-refractivity contribution in [3.8, 4) is 0 Å². The molecule has 0 bridgehead atoms. The molecule has 0 spiro atoms. The van der Waals surface area contributed by atoms with Crippen molar-refractivity contribution >= 4 is 11.6 Å². The smallest absolute Gasteiger partial charge is 0.196 e. The first-order valence-electron chi connectivity index (χ1n) is 4.48. The molecule has 0 aliphatic carbocycles. The van der Waals surface area contributed by atoms with Crippen LogP contribution in [0.1, 0.15) is 5.56 Å². The van der Waals surface area contributed by atoms with E-state index in [2.05, 4.69) is 28.6 Å². The Morgan fingerprint density at radius 3 is 2.54 bits per heavy atom. The van der Waals surface area contributed by atoms with Gasteiger partial charge in [-0.1, -0.05) is 18.2 Å². The Kier molecular flexibility index (Phi) is 2.17. The number of benzene rings is 1. The van der Waals surface area contributed by atoms with Gasteiger partial charge < -0.3 is 10.6 Å².